The van der Waals surface area contributed by atoms with Crippen molar-refractivity contribution in [2.75, 3.05) is 22.0 Å². The number of benzene rings is 1. The summed E-state index contributed by atoms with van der Waals surface area (Å²) in [5, 5.41) is 5.18. The largest absolute Gasteiger partial charge is 0.384 e. The highest BCUT2D eigenvalue weighted by Gasteiger charge is 2.12. The number of nitrogens with one attached hydrogen (secondary N) is 2. The van der Waals surface area contributed by atoms with Gasteiger partial charge in [-0.2, -0.15) is 0 Å². The molecule has 0 radical (unpaired) electrons. The molecule has 0 aliphatic rings. The zero-order chi connectivity index (χ0) is 20.3. The summed E-state index contributed by atoms with van der Waals surface area (Å²) in [7, 11) is -3.50. The molecule has 2 aromatic heterocycles. The van der Waals surface area contributed by atoms with Crippen LogP contribution in [0.4, 0.5) is 20.9 Å². The molecule has 0 saturated carbocycles. The molecule has 3 rings (SSSR count). The molecule has 0 bridgehead atoms. The van der Waals surface area contributed by atoms with Gasteiger partial charge < -0.3 is 11.1 Å². The van der Waals surface area contributed by atoms with Crippen molar-refractivity contribution >= 4 is 43.8 Å². The first kappa shape index (κ1) is 19.8. The van der Waals surface area contributed by atoms with Crippen LogP contribution < -0.4 is 15.8 Å². The molecular formula is C18H17FN4O3S2. The second kappa shape index (κ2) is 7.95. The Bertz CT molecular complexity index is 1130. The standard InChI is InChI=1S/C18H17FN4O3S2/c1-28(25,26)23-14-2-3-15(19)12(6-14)8-17(24)22-18-9-13(10-27-18)11-4-5-21-16(20)7-11/h2-7,9-10,23H,8H2,1H3,(H2,20,21)(H,22,24). The quantitative estimate of drug-likeness (QED) is 0.567. The Labute approximate surface area is 165 Å². The van der Waals surface area contributed by atoms with E-state index in [2.05, 4.69) is 15.0 Å². The lowest BCUT2D eigenvalue weighted by Crippen LogP contribution is -2.15. The fourth-order valence-electron chi connectivity index (χ4n) is 2.52. The lowest BCUT2D eigenvalue weighted by molar-refractivity contribution is -0.115. The lowest BCUT2D eigenvalue weighted by Gasteiger charge is -2.08. The maximum Gasteiger partial charge on any atom is 0.229 e. The van der Waals surface area contributed by atoms with Crippen LogP contribution in [0.25, 0.3) is 11.1 Å². The second-order valence-electron chi connectivity index (χ2n) is 6.07. The van der Waals surface area contributed by atoms with Gasteiger partial charge in [-0.25, -0.2) is 17.8 Å². The molecule has 3 aromatic rings. The molecule has 0 unspecified atom stereocenters. The van der Waals surface area contributed by atoms with Crippen molar-refractivity contribution in [1.29, 1.82) is 0 Å². The van der Waals surface area contributed by atoms with Gasteiger partial charge >= 0.3 is 0 Å². The second-order valence-corrected chi connectivity index (χ2v) is 8.73. The van der Waals surface area contributed by atoms with Gasteiger partial charge in [0.2, 0.25) is 15.9 Å². The highest BCUT2D eigenvalue weighted by molar-refractivity contribution is 7.92. The fraction of sp³-hybridized carbons (Fsp3) is 0.111. The van der Waals surface area contributed by atoms with Crippen LogP contribution in [-0.2, 0) is 21.2 Å². The summed E-state index contributed by atoms with van der Waals surface area (Å²) < 4.78 is 38.9. The number of nitrogen functional groups attached to an aromatic ring is 1. The smallest absolute Gasteiger partial charge is 0.229 e. The van der Waals surface area contributed by atoms with E-state index in [1.807, 2.05) is 5.38 Å². The summed E-state index contributed by atoms with van der Waals surface area (Å²) in [6.45, 7) is 0. The molecule has 146 valence electrons. The third-order valence-corrected chi connectivity index (χ3v) is 5.13. The van der Waals surface area contributed by atoms with Crippen molar-refractivity contribution in [2.24, 2.45) is 0 Å². The highest BCUT2D eigenvalue weighted by atomic mass is 32.2. The number of nitrogens with two attached hydrogens (primary N) is 1. The van der Waals surface area contributed by atoms with E-state index in [-0.39, 0.29) is 17.7 Å². The van der Waals surface area contributed by atoms with Crippen molar-refractivity contribution in [1.82, 2.24) is 4.98 Å². The van der Waals surface area contributed by atoms with Crippen molar-refractivity contribution in [3.8, 4) is 11.1 Å². The van der Waals surface area contributed by atoms with Gasteiger partial charge in [-0.3, -0.25) is 9.52 Å². The zero-order valence-electron chi connectivity index (χ0n) is 14.8. The van der Waals surface area contributed by atoms with Gasteiger partial charge in [0.15, 0.2) is 0 Å². The third-order valence-electron chi connectivity index (χ3n) is 3.68. The number of carbonyl (C=O) groups is 1. The van der Waals surface area contributed by atoms with Crippen molar-refractivity contribution in [2.45, 2.75) is 6.42 Å². The molecule has 0 saturated heterocycles. The minimum absolute atomic E-state index is 0.0878. The Hall–Kier alpha value is -2.98. The number of thiophene rings is 1. The molecule has 0 spiro atoms. The summed E-state index contributed by atoms with van der Waals surface area (Å²) >= 11 is 1.33. The molecular weight excluding hydrogens is 403 g/mol. The number of anilines is 3. The van der Waals surface area contributed by atoms with E-state index in [0.717, 1.165) is 23.4 Å². The molecule has 0 aliphatic carbocycles. The number of carbonyl (C=O) groups excluding carboxylic acids is 1. The number of hydrogen-bond acceptors (Lipinski definition) is 6. The molecule has 0 fully saturated rings. The van der Waals surface area contributed by atoms with E-state index in [0.29, 0.717) is 10.8 Å². The number of pyridine rings is 1. The molecule has 4 N–H and O–H groups in total. The Balaban J connectivity index is 1.70. The number of sulfonamides is 1. The van der Waals surface area contributed by atoms with Crippen molar-refractivity contribution in [3.63, 3.8) is 0 Å². The SMILES string of the molecule is CS(=O)(=O)Nc1ccc(F)c(CC(=O)Nc2cc(-c3ccnc(N)c3)cs2)c1. The Morgan fingerprint density at radius 1 is 1.21 bits per heavy atom. The third kappa shape index (κ3) is 5.27. The molecule has 1 amide bonds. The number of aromatic nitrogens is 1. The van der Waals surface area contributed by atoms with Crippen LogP contribution in [0.15, 0.2) is 48.0 Å². The summed E-state index contributed by atoms with van der Waals surface area (Å²) in [4.78, 5) is 16.2. The maximum absolute atomic E-state index is 14.0. The molecule has 28 heavy (non-hydrogen) atoms. The van der Waals surface area contributed by atoms with Gasteiger partial charge in [0.05, 0.1) is 17.7 Å². The maximum atomic E-state index is 14.0. The Kier molecular flexibility index (Phi) is 5.61. The molecule has 0 atom stereocenters. The molecule has 0 aliphatic heterocycles. The first-order chi connectivity index (χ1) is 13.2. The van der Waals surface area contributed by atoms with E-state index in [4.69, 9.17) is 5.73 Å². The van der Waals surface area contributed by atoms with E-state index >= 15 is 0 Å². The number of amides is 1. The van der Waals surface area contributed by atoms with Crippen LogP contribution in [0.5, 0.6) is 0 Å². The predicted octanol–water partition coefficient (Wildman–Crippen LogP) is 3.08. The average Bonchev–Trinajstić information content (AvgIpc) is 3.05. The molecule has 1 aromatic carbocycles. The zero-order valence-corrected chi connectivity index (χ0v) is 16.4. The average molecular weight is 420 g/mol. The lowest BCUT2D eigenvalue weighted by atomic mass is 10.1. The van der Waals surface area contributed by atoms with Crippen LogP contribution >= 0.6 is 11.3 Å². The van der Waals surface area contributed by atoms with Crippen molar-refractivity contribution < 1.29 is 17.6 Å². The predicted molar refractivity (Wildman–Crippen MR) is 109 cm³/mol. The minimum Gasteiger partial charge on any atom is -0.384 e. The summed E-state index contributed by atoms with van der Waals surface area (Å²) in [5.41, 5.74) is 7.71. The summed E-state index contributed by atoms with van der Waals surface area (Å²) in [5.74, 6) is -0.612. The topological polar surface area (TPSA) is 114 Å². The van der Waals surface area contributed by atoms with Crippen LogP contribution in [0, 0.1) is 5.82 Å². The Morgan fingerprint density at radius 3 is 2.71 bits per heavy atom. The number of rotatable bonds is 6. The van der Waals surface area contributed by atoms with Gasteiger partial charge in [-0.15, -0.1) is 11.3 Å². The number of nitrogens with zero attached hydrogens (tertiary/aromatic N) is 1. The summed E-state index contributed by atoms with van der Waals surface area (Å²) in [6, 6.07) is 9.03. The molecule has 7 nitrogen and oxygen atoms in total. The first-order valence-electron chi connectivity index (χ1n) is 8.06. The molecule has 2 heterocycles. The van der Waals surface area contributed by atoms with E-state index in [9.17, 15) is 17.6 Å². The van der Waals surface area contributed by atoms with Crippen LogP contribution in [0.2, 0.25) is 0 Å². The van der Waals surface area contributed by atoms with Gasteiger partial charge in [-0.05, 0) is 53.1 Å². The summed E-state index contributed by atoms with van der Waals surface area (Å²) in [6.07, 6.45) is 2.36. The monoisotopic (exact) mass is 420 g/mol. The van der Waals surface area contributed by atoms with Crippen LogP contribution in [0.3, 0.4) is 0 Å². The van der Waals surface area contributed by atoms with Gasteiger partial charge in [-0.1, -0.05) is 0 Å². The van der Waals surface area contributed by atoms with Gasteiger partial charge in [0, 0.05) is 17.3 Å². The first-order valence-corrected chi connectivity index (χ1v) is 10.8. The van der Waals surface area contributed by atoms with Crippen LogP contribution in [0.1, 0.15) is 5.56 Å². The van der Waals surface area contributed by atoms with Gasteiger partial charge in [0.25, 0.3) is 0 Å². The Morgan fingerprint density at radius 2 is 2.00 bits per heavy atom. The van der Waals surface area contributed by atoms with E-state index < -0.39 is 21.7 Å². The highest BCUT2D eigenvalue weighted by Crippen LogP contribution is 2.29. The van der Waals surface area contributed by atoms with Crippen molar-refractivity contribution in [3.05, 3.63) is 59.4 Å². The van der Waals surface area contributed by atoms with E-state index in [1.165, 1.54) is 23.5 Å². The fourth-order valence-corrected chi connectivity index (χ4v) is 3.90. The number of hydrogen-bond donors (Lipinski definition) is 3. The number of halogens is 1. The normalized spacial score (nSPS) is 11.2. The van der Waals surface area contributed by atoms with E-state index in [1.54, 1.807) is 24.4 Å². The van der Waals surface area contributed by atoms with Crippen LogP contribution in [-0.4, -0.2) is 25.6 Å². The molecule has 10 heteroatoms. The van der Waals surface area contributed by atoms with Gasteiger partial charge in [0.1, 0.15) is 11.6 Å². The minimum atomic E-state index is -3.50.